The molecule has 0 aromatic carbocycles. The molecule has 0 N–H and O–H groups in total. The molecule has 0 aromatic rings. The second-order valence-electron chi connectivity index (χ2n) is 18.5. The van der Waals surface area contributed by atoms with Gasteiger partial charge in [0.1, 0.15) is 19.8 Å². The van der Waals surface area contributed by atoms with Crippen LogP contribution in [0.3, 0.4) is 0 Å². The van der Waals surface area contributed by atoms with E-state index < -0.39 is 32.5 Å². The van der Waals surface area contributed by atoms with E-state index in [0.29, 0.717) is 23.9 Å². The van der Waals surface area contributed by atoms with Crippen molar-refractivity contribution in [3.8, 4) is 0 Å². The van der Waals surface area contributed by atoms with Gasteiger partial charge in [0.2, 0.25) is 0 Å². The van der Waals surface area contributed by atoms with Crippen LogP contribution in [-0.2, 0) is 32.7 Å². The Bertz CT molecular complexity index is 1450. The molecule has 0 saturated carbocycles. The van der Waals surface area contributed by atoms with Gasteiger partial charge in [-0.3, -0.25) is 14.2 Å². The molecule has 0 bridgehead atoms. The van der Waals surface area contributed by atoms with Gasteiger partial charge in [0.05, 0.1) is 27.7 Å². The number of hydrogen-bond donors (Lipinski definition) is 0. The zero-order valence-electron chi connectivity index (χ0n) is 43.3. The van der Waals surface area contributed by atoms with Gasteiger partial charge >= 0.3 is 11.9 Å². The van der Waals surface area contributed by atoms with Gasteiger partial charge in [0.15, 0.2) is 6.10 Å². The molecule has 2 atom stereocenters. The molecule has 2 unspecified atom stereocenters. The minimum Gasteiger partial charge on any atom is -0.756 e. The number of phosphoric acid groups is 1. The van der Waals surface area contributed by atoms with Crippen molar-refractivity contribution in [2.24, 2.45) is 0 Å². The third-order valence-corrected chi connectivity index (χ3v) is 11.8. The summed E-state index contributed by atoms with van der Waals surface area (Å²) in [7, 11) is 1.14. The number of allylic oxidation sites excluding steroid dienone is 16. The highest BCUT2D eigenvalue weighted by molar-refractivity contribution is 7.45. The Hall–Kier alpha value is -3.07. The summed E-state index contributed by atoms with van der Waals surface area (Å²) >= 11 is 0. The molecule has 0 aromatic heterocycles. The predicted octanol–water partition coefficient (Wildman–Crippen LogP) is 15.5. The summed E-state index contributed by atoms with van der Waals surface area (Å²) in [6.07, 6.45) is 64.4. The third-order valence-electron chi connectivity index (χ3n) is 10.8. The fourth-order valence-corrected chi connectivity index (χ4v) is 7.48. The van der Waals surface area contributed by atoms with Crippen LogP contribution in [0, 0.1) is 0 Å². The standard InChI is InChI=1S/C57H98NO8P/c1-6-8-10-12-14-16-18-20-22-23-24-25-26-27-28-29-30-31-32-33-34-35-36-38-40-42-44-46-48-50-57(60)66-55(54-65-67(61,62)64-52-51-58(3,4)5)53-63-56(59)49-47-45-43-41-39-37-21-19-17-15-13-11-9-7-2/h8,10,14,16,19-22,24-25,27-28,30-31,33-34,55H,6-7,9,11-13,15,17-18,23,26,29,32,35-54H2,1-5H3/b10-8-,16-14-,21-19-,22-20-,25-24-,28-27-,31-30-,34-33-. The van der Waals surface area contributed by atoms with Crippen LogP contribution in [-0.4, -0.2) is 70.0 Å². The Morgan fingerprint density at radius 1 is 0.478 bits per heavy atom. The number of nitrogens with zero attached hydrogens (tertiary/aromatic N) is 1. The van der Waals surface area contributed by atoms with Gasteiger partial charge in [-0.25, -0.2) is 0 Å². The normalized spacial score (nSPS) is 14.2. The predicted molar refractivity (Wildman–Crippen MR) is 282 cm³/mol. The second kappa shape index (κ2) is 48.0. The molecule has 0 spiro atoms. The third kappa shape index (κ3) is 52.2. The Labute approximate surface area is 411 Å². The molecular formula is C57H98NO8P. The number of esters is 2. The first-order valence-electron chi connectivity index (χ1n) is 26.4. The lowest BCUT2D eigenvalue weighted by molar-refractivity contribution is -0.870. The van der Waals surface area contributed by atoms with Gasteiger partial charge in [0, 0.05) is 12.8 Å². The van der Waals surface area contributed by atoms with Crippen LogP contribution < -0.4 is 4.89 Å². The number of hydrogen-bond acceptors (Lipinski definition) is 8. The van der Waals surface area contributed by atoms with Crippen LogP contribution in [0.2, 0.25) is 0 Å². The summed E-state index contributed by atoms with van der Waals surface area (Å²) in [6, 6.07) is 0. The topological polar surface area (TPSA) is 111 Å². The number of carbonyl (C=O) groups is 2. The molecule has 384 valence electrons. The van der Waals surface area contributed by atoms with E-state index in [2.05, 4.69) is 111 Å². The smallest absolute Gasteiger partial charge is 0.306 e. The molecule has 67 heavy (non-hydrogen) atoms. The van der Waals surface area contributed by atoms with E-state index in [1.165, 1.54) is 57.8 Å². The number of quaternary nitrogens is 1. The maximum atomic E-state index is 12.8. The van der Waals surface area contributed by atoms with Crippen molar-refractivity contribution >= 4 is 19.8 Å². The molecule has 9 nitrogen and oxygen atoms in total. The van der Waals surface area contributed by atoms with Gasteiger partial charge in [-0.15, -0.1) is 0 Å². The van der Waals surface area contributed by atoms with E-state index >= 15 is 0 Å². The van der Waals surface area contributed by atoms with Crippen molar-refractivity contribution in [2.75, 3.05) is 47.5 Å². The minimum absolute atomic E-state index is 0.0393. The lowest BCUT2D eigenvalue weighted by Gasteiger charge is -2.28. The minimum atomic E-state index is -4.64. The Kier molecular flexibility index (Phi) is 45.8. The summed E-state index contributed by atoms with van der Waals surface area (Å²) in [5, 5.41) is 0. The van der Waals surface area contributed by atoms with E-state index in [1.54, 1.807) is 0 Å². The maximum Gasteiger partial charge on any atom is 0.306 e. The lowest BCUT2D eigenvalue weighted by Crippen LogP contribution is -2.37. The lowest BCUT2D eigenvalue weighted by atomic mass is 10.1. The Balaban J connectivity index is 4.25. The molecule has 0 saturated heterocycles. The van der Waals surface area contributed by atoms with Crippen molar-refractivity contribution in [3.63, 3.8) is 0 Å². The van der Waals surface area contributed by atoms with Crippen LogP contribution in [0.4, 0.5) is 0 Å². The number of rotatable bonds is 47. The summed E-state index contributed by atoms with van der Waals surface area (Å²) in [4.78, 5) is 37.7. The first-order chi connectivity index (χ1) is 32.5. The molecule has 0 amide bonds. The summed E-state index contributed by atoms with van der Waals surface area (Å²) in [5.74, 6) is -0.863. The molecule has 10 heteroatoms. The molecule has 0 aliphatic carbocycles. The van der Waals surface area contributed by atoms with E-state index in [9.17, 15) is 19.0 Å². The van der Waals surface area contributed by atoms with Gasteiger partial charge in [-0.05, 0) is 96.3 Å². The molecule has 0 aliphatic heterocycles. The van der Waals surface area contributed by atoms with Gasteiger partial charge in [-0.2, -0.15) is 0 Å². The van der Waals surface area contributed by atoms with E-state index in [-0.39, 0.29) is 26.1 Å². The van der Waals surface area contributed by atoms with E-state index in [0.717, 1.165) is 103 Å². The average molecular weight is 956 g/mol. The van der Waals surface area contributed by atoms with Crippen molar-refractivity contribution in [1.82, 2.24) is 0 Å². The fourth-order valence-electron chi connectivity index (χ4n) is 6.75. The molecule has 0 heterocycles. The SMILES string of the molecule is CC/C=C\C/C=C\C/C=C\C/C=C\C/C=C\C/C=C\C/C=C\CCCCCCCCCC(=O)OC(COC(=O)CCCCCCC/C=C\CCCCCCC)COP(=O)([O-])OCC[N+](C)(C)C. The summed E-state index contributed by atoms with van der Waals surface area (Å²) in [6.45, 7) is 4.07. The van der Waals surface area contributed by atoms with Gasteiger partial charge in [0.25, 0.3) is 7.82 Å². The molecule has 0 fully saturated rings. The first kappa shape index (κ1) is 63.9. The number of unbranched alkanes of at least 4 members (excludes halogenated alkanes) is 17. The molecule has 0 rings (SSSR count). The maximum absolute atomic E-state index is 12.8. The summed E-state index contributed by atoms with van der Waals surface area (Å²) < 4.78 is 34.0. The van der Waals surface area contributed by atoms with Crippen LogP contribution >= 0.6 is 7.82 Å². The monoisotopic (exact) mass is 956 g/mol. The van der Waals surface area contributed by atoms with Gasteiger partial charge in [-0.1, -0.05) is 188 Å². The van der Waals surface area contributed by atoms with Crippen molar-refractivity contribution < 1.29 is 42.1 Å². The van der Waals surface area contributed by atoms with Crippen LogP contribution in [0.5, 0.6) is 0 Å². The van der Waals surface area contributed by atoms with Crippen molar-refractivity contribution in [2.45, 2.75) is 206 Å². The molecule has 0 radical (unpaired) electrons. The van der Waals surface area contributed by atoms with E-state index in [1.807, 2.05) is 21.1 Å². The zero-order chi connectivity index (χ0) is 49.2. The highest BCUT2D eigenvalue weighted by Gasteiger charge is 2.21. The first-order valence-corrected chi connectivity index (χ1v) is 27.9. The fraction of sp³-hybridized carbons (Fsp3) is 0.684. The largest absolute Gasteiger partial charge is 0.756 e. The number of ether oxygens (including phenoxy) is 2. The quantitative estimate of drug-likeness (QED) is 0.0195. The molecular weight excluding hydrogens is 858 g/mol. The Morgan fingerprint density at radius 3 is 1.28 bits per heavy atom. The van der Waals surface area contributed by atoms with Crippen LogP contribution in [0.25, 0.3) is 0 Å². The Morgan fingerprint density at radius 2 is 0.851 bits per heavy atom. The van der Waals surface area contributed by atoms with Gasteiger partial charge < -0.3 is 27.9 Å². The molecule has 0 aliphatic rings. The second-order valence-corrected chi connectivity index (χ2v) is 19.9. The summed E-state index contributed by atoms with van der Waals surface area (Å²) in [5.41, 5.74) is 0. The average Bonchev–Trinajstić information content (AvgIpc) is 3.29. The number of carbonyl (C=O) groups excluding carboxylic acids is 2. The van der Waals surface area contributed by atoms with Crippen LogP contribution in [0.15, 0.2) is 97.2 Å². The highest BCUT2D eigenvalue weighted by Crippen LogP contribution is 2.38. The van der Waals surface area contributed by atoms with Crippen molar-refractivity contribution in [1.29, 1.82) is 0 Å². The number of likely N-dealkylation sites (N-methyl/N-ethyl adjacent to an activating group) is 1. The van der Waals surface area contributed by atoms with Crippen molar-refractivity contribution in [3.05, 3.63) is 97.2 Å². The number of phosphoric ester groups is 1. The van der Waals surface area contributed by atoms with Crippen LogP contribution in [0.1, 0.15) is 200 Å². The van der Waals surface area contributed by atoms with E-state index in [4.69, 9.17) is 18.5 Å². The highest BCUT2D eigenvalue weighted by atomic mass is 31.2. The zero-order valence-corrected chi connectivity index (χ0v) is 44.2.